The standard InChI is InChI=1S/C9H10F3NO/c10-6-3-5(1-2-8(6)14)7(13)4-9(11)12/h1-3,7,9,14H,4,13H2/t7-/m0/s1. The van der Waals surface area contributed by atoms with Crippen molar-refractivity contribution >= 4 is 0 Å². The Labute approximate surface area is 79.2 Å². The molecule has 78 valence electrons. The molecule has 0 radical (unpaired) electrons. The van der Waals surface area contributed by atoms with E-state index in [1.807, 2.05) is 0 Å². The van der Waals surface area contributed by atoms with E-state index >= 15 is 0 Å². The molecule has 0 heterocycles. The second kappa shape index (κ2) is 4.32. The molecule has 0 aliphatic carbocycles. The first-order valence-electron chi connectivity index (χ1n) is 4.03. The van der Waals surface area contributed by atoms with Crippen molar-refractivity contribution in [2.75, 3.05) is 0 Å². The van der Waals surface area contributed by atoms with Crippen LogP contribution in [0.5, 0.6) is 5.75 Å². The molecule has 0 saturated heterocycles. The molecular weight excluding hydrogens is 195 g/mol. The average Bonchev–Trinajstić information content (AvgIpc) is 2.08. The number of phenolic OH excluding ortho intramolecular Hbond substituents is 1. The van der Waals surface area contributed by atoms with E-state index in [0.29, 0.717) is 0 Å². The molecule has 1 aromatic rings. The smallest absolute Gasteiger partial charge is 0.240 e. The van der Waals surface area contributed by atoms with E-state index < -0.39 is 30.5 Å². The van der Waals surface area contributed by atoms with Gasteiger partial charge in [-0.1, -0.05) is 6.07 Å². The molecule has 14 heavy (non-hydrogen) atoms. The molecule has 1 atom stereocenters. The van der Waals surface area contributed by atoms with Crippen LogP contribution in [-0.4, -0.2) is 11.5 Å². The number of aromatic hydroxyl groups is 1. The largest absolute Gasteiger partial charge is 0.505 e. The Bertz CT molecular complexity index is 317. The number of rotatable bonds is 3. The molecule has 1 rings (SSSR count). The van der Waals surface area contributed by atoms with Crippen LogP contribution in [0.25, 0.3) is 0 Å². The highest BCUT2D eigenvalue weighted by molar-refractivity contribution is 5.29. The van der Waals surface area contributed by atoms with E-state index in [2.05, 4.69) is 0 Å². The molecule has 5 heteroatoms. The van der Waals surface area contributed by atoms with Crippen LogP contribution in [0.15, 0.2) is 18.2 Å². The third kappa shape index (κ3) is 2.63. The summed E-state index contributed by atoms with van der Waals surface area (Å²) < 4.78 is 36.6. The summed E-state index contributed by atoms with van der Waals surface area (Å²) in [5.74, 6) is -1.37. The van der Waals surface area contributed by atoms with Gasteiger partial charge in [-0.25, -0.2) is 13.2 Å². The zero-order valence-electron chi connectivity index (χ0n) is 7.25. The van der Waals surface area contributed by atoms with Gasteiger partial charge in [0.2, 0.25) is 6.43 Å². The van der Waals surface area contributed by atoms with Crippen LogP contribution in [-0.2, 0) is 0 Å². The second-order valence-corrected chi connectivity index (χ2v) is 2.94. The highest BCUT2D eigenvalue weighted by Gasteiger charge is 2.14. The first-order chi connectivity index (χ1) is 6.50. The van der Waals surface area contributed by atoms with Crippen LogP contribution in [0.2, 0.25) is 0 Å². The molecule has 0 spiro atoms. The second-order valence-electron chi connectivity index (χ2n) is 2.94. The fourth-order valence-electron chi connectivity index (χ4n) is 1.08. The number of nitrogens with two attached hydrogens (primary N) is 1. The number of hydrogen-bond acceptors (Lipinski definition) is 2. The van der Waals surface area contributed by atoms with Crippen molar-refractivity contribution in [3.8, 4) is 5.75 Å². The lowest BCUT2D eigenvalue weighted by Gasteiger charge is -2.11. The van der Waals surface area contributed by atoms with Crippen molar-refractivity contribution in [2.24, 2.45) is 5.73 Å². The molecule has 0 unspecified atom stereocenters. The van der Waals surface area contributed by atoms with E-state index in [4.69, 9.17) is 10.8 Å². The van der Waals surface area contributed by atoms with Gasteiger partial charge in [0, 0.05) is 12.5 Å². The Morgan fingerprint density at radius 1 is 1.36 bits per heavy atom. The third-order valence-corrected chi connectivity index (χ3v) is 1.83. The van der Waals surface area contributed by atoms with Crippen LogP contribution in [0.1, 0.15) is 18.0 Å². The minimum atomic E-state index is -2.53. The summed E-state index contributed by atoms with van der Waals surface area (Å²) in [6, 6.07) is 2.47. The van der Waals surface area contributed by atoms with Gasteiger partial charge in [-0.15, -0.1) is 0 Å². The van der Waals surface area contributed by atoms with Gasteiger partial charge in [0.1, 0.15) is 0 Å². The molecule has 0 bridgehead atoms. The molecule has 0 aromatic heterocycles. The first kappa shape index (κ1) is 10.8. The summed E-state index contributed by atoms with van der Waals surface area (Å²) >= 11 is 0. The van der Waals surface area contributed by atoms with Crippen LogP contribution in [0, 0.1) is 5.82 Å². The molecule has 0 aliphatic heterocycles. The lowest BCUT2D eigenvalue weighted by Crippen LogP contribution is -2.14. The topological polar surface area (TPSA) is 46.2 Å². The predicted molar refractivity (Wildman–Crippen MR) is 45.6 cm³/mol. The molecule has 0 saturated carbocycles. The molecule has 2 nitrogen and oxygen atoms in total. The summed E-state index contributed by atoms with van der Waals surface area (Å²) in [7, 11) is 0. The summed E-state index contributed by atoms with van der Waals surface area (Å²) in [6.07, 6.45) is -3.05. The zero-order valence-corrected chi connectivity index (χ0v) is 7.25. The van der Waals surface area contributed by atoms with Crippen molar-refractivity contribution in [1.82, 2.24) is 0 Å². The SMILES string of the molecule is N[C@@H](CC(F)F)c1ccc(O)c(F)c1. The van der Waals surface area contributed by atoms with Crippen LogP contribution in [0.3, 0.4) is 0 Å². The highest BCUT2D eigenvalue weighted by Crippen LogP contribution is 2.23. The minimum absolute atomic E-state index is 0.251. The molecule has 0 aliphatic rings. The fourth-order valence-corrected chi connectivity index (χ4v) is 1.08. The van der Waals surface area contributed by atoms with Crippen molar-refractivity contribution in [1.29, 1.82) is 0 Å². The number of benzene rings is 1. The monoisotopic (exact) mass is 205 g/mol. The van der Waals surface area contributed by atoms with Gasteiger partial charge in [-0.3, -0.25) is 0 Å². The normalized spacial score (nSPS) is 13.2. The maximum absolute atomic E-state index is 12.8. The Morgan fingerprint density at radius 2 is 2.00 bits per heavy atom. The molecule has 0 fully saturated rings. The summed E-state index contributed by atoms with van der Waals surface area (Å²) in [5.41, 5.74) is 5.64. The highest BCUT2D eigenvalue weighted by atomic mass is 19.3. The van der Waals surface area contributed by atoms with Gasteiger partial charge in [-0.2, -0.15) is 0 Å². The summed E-state index contributed by atoms with van der Waals surface area (Å²) in [6.45, 7) is 0. The minimum Gasteiger partial charge on any atom is -0.505 e. The third-order valence-electron chi connectivity index (χ3n) is 1.83. The van der Waals surface area contributed by atoms with Crippen molar-refractivity contribution < 1.29 is 18.3 Å². The Morgan fingerprint density at radius 3 is 2.50 bits per heavy atom. The van der Waals surface area contributed by atoms with Gasteiger partial charge in [0.25, 0.3) is 0 Å². The molecule has 1 aromatic carbocycles. The average molecular weight is 205 g/mol. The lowest BCUT2D eigenvalue weighted by molar-refractivity contribution is 0.128. The van der Waals surface area contributed by atoms with E-state index in [0.717, 1.165) is 12.1 Å². The van der Waals surface area contributed by atoms with Crippen molar-refractivity contribution in [3.63, 3.8) is 0 Å². The van der Waals surface area contributed by atoms with E-state index in [-0.39, 0.29) is 5.56 Å². The van der Waals surface area contributed by atoms with Crippen molar-refractivity contribution in [2.45, 2.75) is 18.9 Å². The fraction of sp³-hybridized carbons (Fsp3) is 0.333. The van der Waals surface area contributed by atoms with Gasteiger partial charge < -0.3 is 10.8 Å². The van der Waals surface area contributed by atoms with Gasteiger partial charge in [0.15, 0.2) is 11.6 Å². The number of alkyl halides is 2. The number of phenols is 1. The van der Waals surface area contributed by atoms with Gasteiger partial charge in [-0.05, 0) is 17.7 Å². The summed E-state index contributed by atoms with van der Waals surface area (Å²) in [5, 5.41) is 8.84. The van der Waals surface area contributed by atoms with Gasteiger partial charge >= 0.3 is 0 Å². The first-order valence-corrected chi connectivity index (χ1v) is 4.03. The maximum atomic E-state index is 12.8. The van der Waals surface area contributed by atoms with Crippen LogP contribution >= 0.6 is 0 Å². The van der Waals surface area contributed by atoms with Crippen molar-refractivity contribution in [3.05, 3.63) is 29.6 Å². The quantitative estimate of drug-likeness (QED) is 0.794. The van der Waals surface area contributed by atoms with Crippen LogP contribution < -0.4 is 5.73 Å². The maximum Gasteiger partial charge on any atom is 0.240 e. The molecule has 0 amide bonds. The number of hydrogen-bond donors (Lipinski definition) is 2. The predicted octanol–water partition coefficient (Wildman–Crippen LogP) is 2.19. The summed E-state index contributed by atoms with van der Waals surface area (Å²) in [4.78, 5) is 0. The Kier molecular flexibility index (Phi) is 3.35. The number of halogens is 3. The van der Waals surface area contributed by atoms with Crippen LogP contribution in [0.4, 0.5) is 13.2 Å². The zero-order chi connectivity index (χ0) is 10.7. The van der Waals surface area contributed by atoms with E-state index in [1.165, 1.54) is 6.07 Å². The Hall–Kier alpha value is -1.23. The van der Waals surface area contributed by atoms with Gasteiger partial charge in [0.05, 0.1) is 0 Å². The van der Waals surface area contributed by atoms with E-state index in [1.54, 1.807) is 0 Å². The Balaban J connectivity index is 2.80. The molecule has 3 N–H and O–H groups in total. The molecular formula is C9H10F3NO. The lowest BCUT2D eigenvalue weighted by atomic mass is 10.0. The van der Waals surface area contributed by atoms with E-state index in [9.17, 15) is 13.2 Å².